The van der Waals surface area contributed by atoms with Crippen LogP contribution in [0.1, 0.15) is 19.8 Å². The number of hydrogen-bond donors (Lipinski definition) is 2. The molecule has 5 nitrogen and oxygen atoms in total. The lowest BCUT2D eigenvalue weighted by atomic mass is 9.79. The maximum Gasteiger partial charge on any atom is 0.246 e. The van der Waals surface area contributed by atoms with Gasteiger partial charge in [0, 0.05) is 19.6 Å². The minimum absolute atomic E-state index is 0.0768. The zero-order valence-corrected chi connectivity index (χ0v) is 13.0. The molecule has 2 aliphatic carbocycles. The summed E-state index contributed by atoms with van der Waals surface area (Å²) in [6, 6.07) is 0. The highest BCUT2D eigenvalue weighted by atomic mass is 16.3. The fourth-order valence-corrected chi connectivity index (χ4v) is 3.99. The molecule has 2 amide bonds. The van der Waals surface area contributed by atoms with E-state index in [2.05, 4.69) is 24.0 Å². The molecule has 0 aromatic rings. The highest BCUT2D eigenvalue weighted by molar-refractivity contribution is 5.90. The van der Waals surface area contributed by atoms with Crippen LogP contribution in [-0.2, 0) is 9.59 Å². The second kappa shape index (κ2) is 5.54. The summed E-state index contributed by atoms with van der Waals surface area (Å²) in [5, 5.41) is 13.6. The molecule has 2 fully saturated rings. The first-order valence-corrected chi connectivity index (χ1v) is 8.00. The second-order valence-electron chi connectivity index (χ2n) is 7.11. The second-order valence-corrected chi connectivity index (χ2v) is 7.11. The van der Waals surface area contributed by atoms with E-state index in [0.29, 0.717) is 24.9 Å². The minimum Gasteiger partial charge on any atom is -0.388 e. The normalized spacial score (nSPS) is 32.5. The van der Waals surface area contributed by atoms with Crippen LogP contribution in [0.3, 0.4) is 0 Å². The van der Waals surface area contributed by atoms with Gasteiger partial charge < -0.3 is 15.3 Å². The van der Waals surface area contributed by atoms with Gasteiger partial charge in [-0.3, -0.25) is 9.59 Å². The summed E-state index contributed by atoms with van der Waals surface area (Å²) in [7, 11) is 0. The maximum absolute atomic E-state index is 12.1. The van der Waals surface area contributed by atoms with Crippen LogP contribution in [0.4, 0.5) is 0 Å². The predicted octanol–water partition coefficient (Wildman–Crippen LogP) is 0.710. The van der Waals surface area contributed by atoms with E-state index in [1.165, 1.54) is 6.08 Å². The molecule has 1 saturated heterocycles. The molecule has 1 saturated carbocycles. The fourth-order valence-electron chi connectivity index (χ4n) is 3.99. The number of nitrogens with zero attached hydrogens (tertiary/aromatic N) is 1. The number of rotatable bonds is 5. The Morgan fingerprint density at radius 2 is 2.14 bits per heavy atom. The largest absolute Gasteiger partial charge is 0.388 e. The Balaban J connectivity index is 1.46. The van der Waals surface area contributed by atoms with Crippen molar-refractivity contribution in [3.8, 4) is 0 Å². The van der Waals surface area contributed by atoms with Crippen LogP contribution in [0.2, 0.25) is 0 Å². The van der Waals surface area contributed by atoms with Crippen LogP contribution in [-0.4, -0.2) is 47.1 Å². The van der Waals surface area contributed by atoms with Gasteiger partial charge in [0.1, 0.15) is 0 Å². The summed E-state index contributed by atoms with van der Waals surface area (Å²) in [6.07, 6.45) is 7.86. The van der Waals surface area contributed by atoms with Crippen molar-refractivity contribution in [1.82, 2.24) is 10.2 Å². The number of hydrogen-bond acceptors (Lipinski definition) is 3. The average molecular weight is 304 g/mol. The Morgan fingerprint density at radius 1 is 1.41 bits per heavy atom. The molecule has 0 radical (unpaired) electrons. The monoisotopic (exact) mass is 304 g/mol. The van der Waals surface area contributed by atoms with Gasteiger partial charge in [-0.1, -0.05) is 18.7 Å². The van der Waals surface area contributed by atoms with E-state index in [-0.39, 0.29) is 30.2 Å². The third-order valence-corrected chi connectivity index (χ3v) is 5.44. The molecule has 4 unspecified atom stereocenters. The number of carbonyl (C=O) groups excluding carboxylic acids is 2. The topological polar surface area (TPSA) is 69.6 Å². The summed E-state index contributed by atoms with van der Waals surface area (Å²) in [5.74, 6) is 0.892. The third kappa shape index (κ3) is 2.70. The molecule has 2 bridgehead atoms. The fraction of sp³-hybridized carbons (Fsp3) is 0.647. The van der Waals surface area contributed by atoms with Crippen LogP contribution < -0.4 is 5.32 Å². The lowest BCUT2D eigenvalue weighted by molar-refractivity contribution is -0.140. The van der Waals surface area contributed by atoms with Gasteiger partial charge in [-0.2, -0.15) is 0 Å². The van der Waals surface area contributed by atoms with Gasteiger partial charge in [-0.25, -0.2) is 0 Å². The number of allylic oxidation sites excluding steroid dienone is 2. The van der Waals surface area contributed by atoms with Gasteiger partial charge in [0.25, 0.3) is 0 Å². The summed E-state index contributed by atoms with van der Waals surface area (Å²) >= 11 is 0. The molecule has 0 aromatic carbocycles. The molecule has 0 spiro atoms. The van der Waals surface area contributed by atoms with Crippen molar-refractivity contribution < 1.29 is 14.7 Å². The molecule has 1 aliphatic heterocycles. The lowest BCUT2D eigenvalue weighted by Crippen LogP contribution is -2.57. The molecule has 0 aromatic heterocycles. The molecule has 22 heavy (non-hydrogen) atoms. The van der Waals surface area contributed by atoms with E-state index < -0.39 is 5.60 Å². The van der Waals surface area contributed by atoms with Gasteiger partial charge in [-0.05, 0) is 43.6 Å². The molecule has 4 atom stereocenters. The van der Waals surface area contributed by atoms with Crippen molar-refractivity contribution in [2.24, 2.45) is 23.7 Å². The molecule has 3 aliphatic rings. The zero-order chi connectivity index (χ0) is 15.9. The molecular weight excluding hydrogens is 280 g/mol. The van der Waals surface area contributed by atoms with Crippen molar-refractivity contribution in [3.05, 3.63) is 24.8 Å². The van der Waals surface area contributed by atoms with Crippen LogP contribution in [0.25, 0.3) is 0 Å². The molecule has 1 heterocycles. The van der Waals surface area contributed by atoms with Crippen molar-refractivity contribution in [3.63, 3.8) is 0 Å². The Bertz CT molecular complexity index is 520. The smallest absolute Gasteiger partial charge is 0.246 e. The molecule has 2 N–H and O–H groups in total. The van der Waals surface area contributed by atoms with Crippen molar-refractivity contribution in [1.29, 1.82) is 0 Å². The highest BCUT2D eigenvalue weighted by Gasteiger charge is 2.45. The first kappa shape index (κ1) is 15.3. The Labute approximate surface area is 131 Å². The number of carbonyl (C=O) groups is 2. The zero-order valence-electron chi connectivity index (χ0n) is 13.0. The van der Waals surface area contributed by atoms with Crippen LogP contribution in [0.5, 0.6) is 0 Å². The van der Waals surface area contributed by atoms with Gasteiger partial charge in [0.05, 0.1) is 11.5 Å². The van der Waals surface area contributed by atoms with Gasteiger partial charge in [0.15, 0.2) is 0 Å². The summed E-state index contributed by atoms with van der Waals surface area (Å²) in [6.45, 7) is 6.41. The van der Waals surface area contributed by atoms with E-state index >= 15 is 0 Å². The average Bonchev–Trinajstić information content (AvgIpc) is 3.06. The molecule has 3 rings (SSSR count). The number of nitrogens with one attached hydrogen (secondary N) is 1. The number of likely N-dealkylation sites (tertiary alicyclic amines) is 1. The molecular formula is C17H24N2O3. The minimum atomic E-state index is -0.875. The van der Waals surface area contributed by atoms with E-state index in [1.54, 1.807) is 4.90 Å². The van der Waals surface area contributed by atoms with Gasteiger partial charge in [0.2, 0.25) is 11.8 Å². The maximum atomic E-state index is 12.1. The Hall–Kier alpha value is -1.62. The van der Waals surface area contributed by atoms with E-state index in [4.69, 9.17) is 0 Å². The van der Waals surface area contributed by atoms with Crippen LogP contribution >= 0.6 is 0 Å². The van der Waals surface area contributed by atoms with Gasteiger partial charge >= 0.3 is 0 Å². The molecule has 120 valence electrons. The first-order valence-electron chi connectivity index (χ1n) is 8.00. The summed E-state index contributed by atoms with van der Waals surface area (Å²) < 4.78 is 0. The molecule has 5 heteroatoms. The number of fused-ring (bicyclic) bond motifs is 2. The van der Waals surface area contributed by atoms with Crippen LogP contribution in [0, 0.1) is 23.7 Å². The van der Waals surface area contributed by atoms with Crippen LogP contribution in [0.15, 0.2) is 24.8 Å². The standard InChI is InChI=1S/C17H24N2O3/c1-3-15(20)19-8-13(9-19)16(21)18-10-17(2,22)14-7-11-4-5-12(14)6-11/h3-5,11-14,22H,1,6-10H2,2H3,(H,18,21). The first-order chi connectivity index (χ1) is 10.4. The summed E-state index contributed by atoms with van der Waals surface area (Å²) in [5.41, 5.74) is -0.875. The Morgan fingerprint density at radius 3 is 2.68 bits per heavy atom. The Kier molecular flexibility index (Phi) is 3.85. The highest BCUT2D eigenvalue weighted by Crippen LogP contribution is 2.47. The lowest BCUT2D eigenvalue weighted by Gasteiger charge is -2.39. The summed E-state index contributed by atoms with van der Waals surface area (Å²) in [4.78, 5) is 25.1. The number of amides is 2. The van der Waals surface area contributed by atoms with Crippen molar-refractivity contribution in [2.45, 2.75) is 25.4 Å². The predicted molar refractivity (Wildman–Crippen MR) is 82.7 cm³/mol. The van der Waals surface area contributed by atoms with Crippen molar-refractivity contribution >= 4 is 11.8 Å². The third-order valence-electron chi connectivity index (χ3n) is 5.44. The van der Waals surface area contributed by atoms with Crippen molar-refractivity contribution in [2.75, 3.05) is 19.6 Å². The quantitative estimate of drug-likeness (QED) is 0.580. The van der Waals surface area contributed by atoms with E-state index in [9.17, 15) is 14.7 Å². The SMILES string of the molecule is C=CC(=O)N1CC(C(=O)NCC(C)(O)C2CC3C=CC2C3)C1. The van der Waals surface area contributed by atoms with E-state index in [0.717, 1.165) is 12.8 Å². The number of aliphatic hydroxyl groups is 1. The van der Waals surface area contributed by atoms with E-state index in [1.807, 2.05) is 6.92 Å². The van der Waals surface area contributed by atoms with Gasteiger partial charge in [-0.15, -0.1) is 0 Å².